The van der Waals surface area contributed by atoms with Crippen molar-refractivity contribution in [1.29, 1.82) is 0 Å². The third-order valence-corrected chi connectivity index (χ3v) is 6.43. The Balaban J connectivity index is 1.63. The first kappa shape index (κ1) is 26.0. The maximum atomic E-state index is 14.3. The number of hydrazone groups is 1. The highest BCUT2D eigenvalue weighted by Crippen LogP contribution is 2.39. The van der Waals surface area contributed by atoms with Crippen molar-refractivity contribution in [2.45, 2.75) is 77.4 Å². The van der Waals surface area contributed by atoms with Crippen LogP contribution < -0.4 is 10.7 Å². The lowest BCUT2D eigenvalue weighted by Crippen LogP contribution is -2.31. The van der Waals surface area contributed by atoms with Gasteiger partial charge >= 0.3 is 0 Å². The monoisotopic (exact) mass is 483 g/mol. The van der Waals surface area contributed by atoms with E-state index in [9.17, 15) is 4.39 Å². The normalized spacial score (nSPS) is 16.3. The van der Waals surface area contributed by atoms with E-state index in [0.29, 0.717) is 43.9 Å². The zero-order valence-electron chi connectivity index (χ0n) is 20.2. The van der Waals surface area contributed by atoms with E-state index in [1.54, 1.807) is 0 Å². The van der Waals surface area contributed by atoms with Gasteiger partial charge in [-0.1, -0.05) is 42.4 Å². The van der Waals surface area contributed by atoms with Crippen LogP contribution in [0.3, 0.4) is 0 Å². The molecule has 0 bridgehead atoms. The fourth-order valence-corrected chi connectivity index (χ4v) is 3.84. The Bertz CT molecular complexity index is 1040. The van der Waals surface area contributed by atoms with Crippen molar-refractivity contribution < 1.29 is 8.91 Å². The molecule has 1 N–H and O–H groups in total. The lowest BCUT2D eigenvalue weighted by atomic mass is 9.78. The van der Waals surface area contributed by atoms with Crippen LogP contribution in [0.1, 0.15) is 71.1 Å². The van der Waals surface area contributed by atoms with Crippen molar-refractivity contribution in [1.82, 2.24) is 15.6 Å². The van der Waals surface area contributed by atoms with Gasteiger partial charge in [0.15, 0.2) is 0 Å². The number of alkyl halides is 1. The molecule has 0 amide bonds. The Kier molecular flexibility index (Phi) is 9.70. The zero-order valence-corrected chi connectivity index (χ0v) is 21.3. The Morgan fingerprint density at radius 1 is 1.29 bits per heavy atom. The van der Waals surface area contributed by atoms with E-state index < -0.39 is 5.67 Å². The summed E-state index contributed by atoms with van der Waals surface area (Å²) in [5, 5.41) is 9.75. The van der Waals surface area contributed by atoms with Crippen LogP contribution in [0.5, 0.6) is 0 Å². The molecule has 1 aromatic heterocycles. The lowest BCUT2D eigenvalue weighted by Gasteiger charge is -2.33. The fraction of sp³-hybridized carbons (Fsp3) is 0.462. The number of hydrogen-bond acceptors (Lipinski definition) is 6. The summed E-state index contributed by atoms with van der Waals surface area (Å²) < 4.78 is 19.6. The van der Waals surface area contributed by atoms with Gasteiger partial charge in [-0.05, 0) is 69.2 Å². The van der Waals surface area contributed by atoms with Crippen LogP contribution in [0.15, 0.2) is 63.3 Å². The summed E-state index contributed by atoms with van der Waals surface area (Å²) in [5.74, 6) is 1.01. The van der Waals surface area contributed by atoms with Crippen molar-refractivity contribution in [3.8, 4) is 11.4 Å². The fourth-order valence-electron chi connectivity index (χ4n) is 3.64. The van der Waals surface area contributed by atoms with E-state index >= 15 is 0 Å². The van der Waals surface area contributed by atoms with Crippen LogP contribution in [-0.2, 0) is 6.54 Å². The average molecular weight is 484 g/mol. The van der Waals surface area contributed by atoms with Gasteiger partial charge in [0.2, 0.25) is 11.7 Å². The molecule has 3 rings (SSSR count). The summed E-state index contributed by atoms with van der Waals surface area (Å²) in [6.07, 6.45) is 9.70. The zero-order chi connectivity index (χ0) is 24.4. The highest BCUT2D eigenvalue weighted by atomic mass is 31.0. The predicted molar refractivity (Wildman–Crippen MR) is 141 cm³/mol. The molecule has 1 saturated carbocycles. The number of benzene rings is 1. The third kappa shape index (κ3) is 7.69. The minimum Gasteiger partial charge on any atom is -0.337 e. The standard InChI is InChI=1S/C26H35FN5OP/c1-4-6-8-23(20(5-2)17-28-19(3)13-16-26(27)14-7-15-26)31-29-18-24-30-25(32-33-24)21-9-11-22(34)12-10-21/h4,9-12,17,29H,1,5-8,13-16,18,34H2,2-3H3/b20-17+,28-19+,31-23+. The molecular formula is C26H35FN5OP. The second kappa shape index (κ2) is 12.7. The highest BCUT2D eigenvalue weighted by Gasteiger charge is 2.36. The predicted octanol–water partition coefficient (Wildman–Crippen LogP) is 6.08. The van der Waals surface area contributed by atoms with Crippen LogP contribution in [0.2, 0.25) is 0 Å². The summed E-state index contributed by atoms with van der Waals surface area (Å²) in [6.45, 7) is 8.19. The van der Waals surface area contributed by atoms with Gasteiger partial charge in [0.05, 0.1) is 5.71 Å². The molecule has 2 aromatic rings. The van der Waals surface area contributed by atoms with Crippen LogP contribution in [0, 0.1) is 0 Å². The minimum absolute atomic E-state index is 0.324. The molecule has 1 aliphatic rings. The Morgan fingerprint density at radius 2 is 2.06 bits per heavy atom. The molecule has 1 fully saturated rings. The SMILES string of the molecule is C=CCCC(=N\NCc1nc(-c2ccc(P)cc2)no1)/C(=C/N=C(\C)CCC1(F)CCC1)CC. The maximum Gasteiger partial charge on any atom is 0.247 e. The van der Waals surface area contributed by atoms with Crippen molar-refractivity contribution in [2.24, 2.45) is 10.1 Å². The summed E-state index contributed by atoms with van der Waals surface area (Å²) in [4.78, 5) is 9.05. The van der Waals surface area contributed by atoms with E-state index in [0.717, 1.165) is 53.5 Å². The Hall–Kier alpha value is -2.66. The summed E-state index contributed by atoms with van der Waals surface area (Å²) in [6, 6.07) is 7.87. The van der Waals surface area contributed by atoms with Crippen molar-refractivity contribution in [3.05, 3.63) is 54.6 Å². The van der Waals surface area contributed by atoms with Crippen LogP contribution >= 0.6 is 9.24 Å². The third-order valence-electron chi connectivity index (χ3n) is 6.04. The van der Waals surface area contributed by atoms with Crippen LogP contribution in [0.25, 0.3) is 11.4 Å². The van der Waals surface area contributed by atoms with Crippen LogP contribution in [0.4, 0.5) is 4.39 Å². The molecule has 1 aromatic carbocycles. The van der Waals surface area contributed by atoms with Gasteiger partial charge < -0.3 is 9.95 Å². The van der Waals surface area contributed by atoms with Gasteiger partial charge in [-0.15, -0.1) is 15.8 Å². The molecule has 0 aliphatic heterocycles. The van der Waals surface area contributed by atoms with Gasteiger partial charge in [0, 0.05) is 17.5 Å². The first-order valence-electron chi connectivity index (χ1n) is 11.9. The molecule has 0 spiro atoms. The molecule has 8 heteroatoms. The number of halogens is 1. The second-order valence-electron chi connectivity index (χ2n) is 8.73. The lowest BCUT2D eigenvalue weighted by molar-refractivity contribution is 0.0562. The van der Waals surface area contributed by atoms with Gasteiger partial charge in [-0.3, -0.25) is 4.99 Å². The van der Waals surface area contributed by atoms with Crippen LogP contribution in [-0.4, -0.2) is 27.2 Å². The first-order chi connectivity index (χ1) is 16.4. The molecular weight excluding hydrogens is 448 g/mol. The number of hydrogen-bond donors (Lipinski definition) is 1. The molecule has 0 radical (unpaired) electrons. The van der Waals surface area contributed by atoms with Crippen molar-refractivity contribution in [2.75, 3.05) is 0 Å². The number of allylic oxidation sites excluding steroid dienone is 2. The van der Waals surface area contributed by atoms with Gasteiger partial charge in [0.25, 0.3) is 0 Å². The highest BCUT2D eigenvalue weighted by molar-refractivity contribution is 7.27. The topological polar surface area (TPSA) is 75.7 Å². The van der Waals surface area contributed by atoms with Gasteiger partial charge in [0.1, 0.15) is 12.2 Å². The largest absolute Gasteiger partial charge is 0.337 e. The average Bonchev–Trinajstić information content (AvgIpc) is 3.29. The second-order valence-corrected chi connectivity index (χ2v) is 9.40. The smallest absolute Gasteiger partial charge is 0.247 e. The molecule has 1 aliphatic carbocycles. The molecule has 1 unspecified atom stereocenters. The Morgan fingerprint density at radius 3 is 2.71 bits per heavy atom. The van der Waals surface area contributed by atoms with E-state index in [4.69, 9.17) is 4.52 Å². The van der Waals surface area contributed by atoms with Crippen molar-refractivity contribution >= 4 is 26.0 Å². The molecule has 182 valence electrons. The number of aromatic nitrogens is 2. The molecule has 34 heavy (non-hydrogen) atoms. The van der Waals surface area contributed by atoms with E-state index in [1.807, 2.05) is 43.5 Å². The van der Waals surface area contributed by atoms with Gasteiger partial charge in [-0.2, -0.15) is 10.1 Å². The molecule has 1 atom stereocenters. The number of rotatable bonds is 13. The minimum atomic E-state index is -0.971. The molecule has 6 nitrogen and oxygen atoms in total. The van der Waals surface area contributed by atoms with Gasteiger partial charge in [-0.25, -0.2) is 4.39 Å². The number of aliphatic imine (C=N–C) groups is 1. The number of nitrogens with zero attached hydrogens (tertiary/aromatic N) is 4. The van der Waals surface area contributed by atoms with E-state index in [2.05, 4.69) is 48.4 Å². The van der Waals surface area contributed by atoms with E-state index in [-0.39, 0.29) is 0 Å². The molecule has 0 saturated heterocycles. The summed E-state index contributed by atoms with van der Waals surface area (Å²) >= 11 is 0. The quantitative estimate of drug-likeness (QED) is 0.162. The Labute approximate surface area is 204 Å². The first-order valence-corrected chi connectivity index (χ1v) is 12.5. The van der Waals surface area contributed by atoms with Crippen molar-refractivity contribution in [3.63, 3.8) is 0 Å². The number of nitrogens with one attached hydrogen (secondary N) is 1. The molecule has 1 heterocycles. The summed E-state index contributed by atoms with van der Waals surface area (Å²) in [7, 11) is 2.65. The van der Waals surface area contributed by atoms with E-state index in [1.165, 1.54) is 0 Å². The maximum absolute atomic E-state index is 14.3. The summed E-state index contributed by atoms with van der Waals surface area (Å²) in [5.41, 5.74) is 5.89.